The lowest BCUT2D eigenvalue weighted by molar-refractivity contribution is -0.123. The number of para-hydroxylation sites is 1. The number of hydrazone groups is 1. The molecule has 3 aromatic carbocycles. The average molecular weight is 409 g/mol. The molecule has 146 valence electrons. The Balaban J connectivity index is 1.51. The molecule has 7 heteroatoms. The molecule has 0 heterocycles. The Morgan fingerprint density at radius 3 is 2.41 bits per heavy atom. The highest BCUT2D eigenvalue weighted by Crippen LogP contribution is 2.16. The van der Waals surface area contributed by atoms with Crippen molar-refractivity contribution in [3.05, 3.63) is 95.0 Å². The Labute approximate surface area is 172 Å². The van der Waals surface area contributed by atoms with Gasteiger partial charge in [0.1, 0.15) is 11.5 Å². The topological polar surface area (TPSA) is 77.0 Å². The largest absolute Gasteiger partial charge is 0.484 e. The number of carbonyl (C=O) groups excluding carboxylic acids is 2. The van der Waals surface area contributed by atoms with E-state index < -0.39 is 11.9 Å². The average Bonchev–Trinajstić information content (AvgIpc) is 2.74. The van der Waals surface area contributed by atoms with Crippen LogP contribution in [0.5, 0.6) is 11.5 Å². The number of benzene rings is 3. The van der Waals surface area contributed by atoms with Gasteiger partial charge in [0.25, 0.3) is 5.91 Å². The van der Waals surface area contributed by atoms with Crippen molar-refractivity contribution in [1.29, 1.82) is 0 Å². The lowest BCUT2D eigenvalue weighted by Crippen LogP contribution is -2.24. The van der Waals surface area contributed by atoms with Crippen molar-refractivity contribution >= 4 is 29.7 Å². The lowest BCUT2D eigenvalue weighted by atomic mass is 10.2. The van der Waals surface area contributed by atoms with Crippen LogP contribution in [0, 0.1) is 0 Å². The van der Waals surface area contributed by atoms with Crippen LogP contribution in [0.2, 0.25) is 5.02 Å². The maximum absolute atomic E-state index is 12.2. The Bertz CT molecular complexity index is 1000. The molecular formula is C22H17ClN2O4. The van der Waals surface area contributed by atoms with Crippen molar-refractivity contribution in [3.8, 4) is 11.5 Å². The molecule has 3 rings (SSSR count). The molecule has 1 N–H and O–H groups in total. The fourth-order valence-electron chi connectivity index (χ4n) is 2.29. The van der Waals surface area contributed by atoms with Crippen LogP contribution < -0.4 is 14.9 Å². The maximum Gasteiger partial charge on any atom is 0.343 e. The molecule has 6 nitrogen and oxygen atoms in total. The third-order valence-corrected chi connectivity index (χ3v) is 3.92. The van der Waals surface area contributed by atoms with Gasteiger partial charge in [0, 0.05) is 5.02 Å². The normalized spacial score (nSPS) is 10.5. The van der Waals surface area contributed by atoms with E-state index in [0.717, 1.165) is 0 Å². The third kappa shape index (κ3) is 6.48. The molecule has 0 atom stereocenters. The zero-order valence-corrected chi connectivity index (χ0v) is 16.0. The van der Waals surface area contributed by atoms with Gasteiger partial charge in [-0.15, -0.1) is 0 Å². The van der Waals surface area contributed by atoms with Crippen molar-refractivity contribution in [3.63, 3.8) is 0 Å². The van der Waals surface area contributed by atoms with Crippen molar-refractivity contribution < 1.29 is 19.1 Å². The molecule has 3 aromatic rings. The highest BCUT2D eigenvalue weighted by atomic mass is 35.5. The van der Waals surface area contributed by atoms with Crippen LogP contribution >= 0.6 is 11.6 Å². The van der Waals surface area contributed by atoms with E-state index in [-0.39, 0.29) is 6.61 Å². The van der Waals surface area contributed by atoms with Crippen molar-refractivity contribution in [1.82, 2.24) is 5.43 Å². The van der Waals surface area contributed by atoms with Crippen LogP contribution in [-0.4, -0.2) is 24.7 Å². The van der Waals surface area contributed by atoms with E-state index in [1.54, 1.807) is 60.7 Å². The van der Waals surface area contributed by atoms with Crippen LogP contribution in [-0.2, 0) is 4.79 Å². The van der Waals surface area contributed by atoms with Crippen LogP contribution in [0.1, 0.15) is 15.9 Å². The van der Waals surface area contributed by atoms with Gasteiger partial charge in [-0.05, 0) is 54.1 Å². The molecule has 0 saturated heterocycles. The van der Waals surface area contributed by atoms with Gasteiger partial charge < -0.3 is 9.47 Å². The van der Waals surface area contributed by atoms with Crippen molar-refractivity contribution in [2.45, 2.75) is 0 Å². The van der Waals surface area contributed by atoms with Gasteiger partial charge in [0.15, 0.2) is 6.61 Å². The second-order valence-electron chi connectivity index (χ2n) is 5.86. The molecule has 0 spiro atoms. The predicted molar refractivity (Wildman–Crippen MR) is 111 cm³/mol. The second-order valence-corrected chi connectivity index (χ2v) is 6.30. The Hall–Kier alpha value is -3.64. The van der Waals surface area contributed by atoms with Crippen molar-refractivity contribution in [2.24, 2.45) is 5.10 Å². The first kappa shape index (κ1) is 20.1. The molecule has 0 bridgehead atoms. The van der Waals surface area contributed by atoms with E-state index >= 15 is 0 Å². The van der Waals surface area contributed by atoms with Gasteiger partial charge in [-0.2, -0.15) is 5.10 Å². The smallest absolute Gasteiger partial charge is 0.343 e. The molecular weight excluding hydrogens is 392 g/mol. The predicted octanol–water partition coefficient (Wildman–Crippen LogP) is 4.09. The van der Waals surface area contributed by atoms with E-state index in [1.165, 1.54) is 6.21 Å². The number of amides is 1. The van der Waals surface area contributed by atoms with Gasteiger partial charge in [0.05, 0.1) is 11.8 Å². The summed E-state index contributed by atoms with van der Waals surface area (Å²) in [6.45, 7) is -0.153. The number of nitrogens with zero attached hydrogens (tertiary/aromatic N) is 1. The SMILES string of the molecule is O=C(COc1ccccc1)NN=Cc1cccc(OC(=O)c2ccc(Cl)cc2)c1. The van der Waals surface area contributed by atoms with E-state index in [9.17, 15) is 9.59 Å². The van der Waals surface area contributed by atoms with E-state index in [1.807, 2.05) is 18.2 Å². The van der Waals surface area contributed by atoms with Crippen LogP contribution in [0.4, 0.5) is 0 Å². The summed E-state index contributed by atoms with van der Waals surface area (Å²) in [5.41, 5.74) is 3.41. The second kappa shape index (κ2) is 10.1. The van der Waals surface area contributed by atoms with E-state index in [2.05, 4.69) is 10.5 Å². The van der Waals surface area contributed by atoms with Crippen LogP contribution in [0.15, 0.2) is 84.0 Å². The highest BCUT2D eigenvalue weighted by molar-refractivity contribution is 6.30. The third-order valence-electron chi connectivity index (χ3n) is 3.66. The number of rotatable bonds is 7. The van der Waals surface area contributed by atoms with Gasteiger partial charge in [-0.1, -0.05) is 41.9 Å². The molecule has 0 aliphatic rings. The number of carbonyl (C=O) groups is 2. The standard InChI is InChI=1S/C22H17ClN2O4/c23-18-11-9-17(10-12-18)22(27)29-20-8-4-5-16(13-20)14-24-25-21(26)15-28-19-6-2-1-3-7-19/h1-14H,15H2,(H,25,26). The minimum atomic E-state index is -0.498. The van der Waals surface area contributed by atoms with Gasteiger partial charge in [-0.25, -0.2) is 10.2 Å². The monoisotopic (exact) mass is 408 g/mol. The molecule has 0 saturated carbocycles. The van der Waals surface area contributed by atoms with Crippen LogP contribution in [0.3, 0.4) is 0 Å². The summed E-state index contributed by atoms with van der Waals surface area (Å²) < 4.78 is 10.7. The molecule has 0 aliphatic carbocycles. The number of hydrogen-bond acceptors (Lipinski definition) is 5. The fraction of sp³-hybridized carbons (Fsp3) is 0.0455. The molecule has 0 aliphatic heterocycles. The van der Waals surface area contributed by atoms with E-state index in [0.29, 0.717) is 27.6 Å². The summed E-state index contributed by atoms with van der Waals surface area (Å²) in [6.07, 6.45) is 1.44. The zero-order valence-electron chi connectivity index (χ0n) is 15.2. The van der Waals surface area contributed by atoms with Gasteiger partial charge in [0.2, 0.25) is 0 Å². The fourth-order valence-corrected chi connectivity index (χ4v) is 2.41. The number of esters is 1. The molecule has 29 heavy (non-hydrogen) atoms. The molecule has 0 radical (unpaired) electrons. The minimum Gasteiger partial charge on any atom is -0.484 e. The van der Waals surface area contributed by atoms with E-state index in [4.69, 9.17) is 21.1 Å². The number of hydrogen-bond donors (Lipinski definition) is 1. The number of halogens is 1. The summed E-state index contributed by atoms with van der Waals surface area (Å²) in [6, 6.07) is 22.2. The number of ether oxygens (including phenoxy) is 2. The number of nitrogens with one attached hydrogen (secondary N) is 1. The first-order valence-corrected chi connectivity index (χ1v) is 9.05. The molecule has 1 amide bonds. The molecule has 0 unspecified atom stereocenters. The quantitative estimate of drug-likeness (QED) is 0.276. The molecule has 0 fully saturated rings. The summed E-state index contributed by atoms with van der Waals surface area (Å²) >= 11 is 5.81. The minimum absolute atomic E-state index is 0.153. The van der Waals surface area contributed by atoms with Crippen LogP contribution in [0.25, 0.3) is 0 Å². The molecule has 0 aromatic heterocycles. The summed E-state index contributed by atoms with van der Waals surface area (Å²) in [7, 11) is 0. The first-order valence-electron chi connectivity index (χ1n) is 8.68. The first-order chi connectivity index (χ1) is 14.1. The Morgan fingerprint density at radius 2 is 1.66 bits per heavy atom. The van der Waals surface area contributed by atoms with Gasteiger partial charge >= 0.3 is 5.97 Å². The maximum atomic E-state index is 12.2. The lowest BCUT2D eigenvalue weighted by Gasteiger charge is -2.05. The Morgan fingerprint density at radius 1 is 0.931 bits per heavy atom. The van der Waals surface area contributed by atoms with Crippen molar-refractivity contribution in [2.75, 3.05) is 6.61 Å². The van der Waals surface area contributed by atoms with Gasteiger partial charge in [-0.3, -0.25) is 4.79 Å². The zero-order chi connectivity index (χ0) is 20.5. The summed E-state index contributed by atoms with van der Waals surface area (Å²) in [4.78, 5) is 23.9. The summed E-state index contributed by atoms with van der Waals surface area (Å²) in [5, 5.41) is 4.42. The Kier molecular flexibility index (Phi) is 6.97. The summed E-state index contributed by atoms with van der Waals surface area (Å²) in [5.74, 6) is 0.0621. The highest BCUT2D eigenvalue weighted by Gasteiger charge is 2.08.